The summed E-state index contributed by atoms with van der Waals surface area (Å²) in [4.78, 5) is 19.8. The van der Waals surface area contributed by atoms with Gasteiger partial charge in [0.2, 0.25) is 0 Å². The minimum Gasteiger partial charge on any atom is -0.296 e. The summed E-state index contributed by atoms with van der Waals surface area (Å²) >= 11 is 3.35. The molecular weight excluding hydrogens is 280 g/mol. The number of carbonyl (C=O) groups excluding carboxylic acids is 1. The molecule has 3 aromatic rings. The molecule has 0 aliphatic rings. The summed E-state index contributed by atoms with van der Waals surface area (Å²) in [6, 6.07) is 9.54. The lowest BCUT2D eigenvalue weighted by Gasteiger charge is -2.05. The lowest BCUT2D eigenvalue weighted by Crippen LogP contribution is -1.93. The Balaban J connectivity index is 2.59. The normalized spacial score (nSPS) is 10.9. The van der Waals surface area contributed by atoms with Crippen LogP contribution in [0.25, 0.3) is 21.8 Å². The molecule has 0 saturated carbocycles. The van der Waals surface area contributed by atoms with Gasteiger partial charge in [-0.15, -0.1) is 0 Å². The van der Waals surface area contributed by atoms with E-state index >= 15 is 0 Å². The summed E-state index contributed by atoms with van der Waals surface area (Å²) in [7, 11) is 0. The number of benzene rings is 1. The highest BCUT2D eigenvalue weighted by Gasteiger charge is 2.08. The minimum atomic E-state index is 0.424. The Hall–Kier alpha value is -1.81. The van der Waals surface area contributed by atoms with Gasteiger partial charge in [0.05, 0.1) is 11.0 Å². The van der Waals surface area contributed by atoms with Gasteiger partial charge in [0, 0.05) is 21.4 Å². The molecule has 3 rings (SSSR count). The Labute approximate surface area is 106 Å². The average Bonchev–Trinajstić information content (AvgIpc) is 2.37. The van der Waals surface area contributed by atoms with Gasteiger partial charge in [-0.2, -0.15) is 0 Å². The number of halogens is 1. The molecule has 0 atom stereocenters. The van der Waals surface area contributed by atoms with E-state index in [1.807, 2.05) is 30.3 Å². The predicted molar refractivity (Wildman–Crippen MR) is 70.1 cm³/mol. The topological polar surface area (TPSA) is 42.9 Å². The van der Waals surface area contributed by atoms with Crippen LogP contribution in [-0.2, 0) is 0 Å². The first-order valence-electron chi connectivity index (χ1n) is 5.09. The molecule has 0 amide bonds. The highest BCUT2D eigenvalue weighted by Crippen LogP contribution is 2.25. The molecule has 0 spiro atoms. The quantitative estimate of drug-likeness (QED) is 0.509. The highest BCUT2D eigenvalue weighted by molar-refractivity contribution is 9.10. The van der Waals surface area contributed by atoms with Crippen LogP contribution >= 0.6 is 15.9 Å². The number of pyridine rings is 2. The van der Waals surface area contributed by atoms with E-state index in [-0.39, 0.29) is 0 Å². The molecule has 3 nitrogen and oxygen atoms in total. The van der Waals surface area contributed by atoms with E-state index in [4.69, 9.17) is 0 Å². The molecule has 82 valence electrons. The maximum absolute atomic E-state index is 11.1. The van der Waals surface area contributed by atoms with Crippen LogP contribution in [0.1, 0.15) is 10.5 Å². The third-order valence-electron chi connectivity index (χ3n) is 2.64. The monoisotopic (exact) mass is 286 g/mol. The van der Waals surface area contributed by atoms with Gasteiger partial charge in [0.1, 0.15) is 5.69 Å². The van der Waals surface area contributed by atoms with E-state index in [1.54, 1.807) is 6.20 Å². The number of rotatable bonds is 1. The second-order valence-corrected chi connectivity index (χ2v) is 4.60. The van der Waals surface area contributed by atoms with Crippen LogP contribution in [-0.4, -0.2) is 16.3 Å². The van der Waals surface area contributed by atoms with Crippen molar-refractivity contribution in [2.24, 2.45) is 0 Å². The van der Waals surface area contributed by atoms with Crippen molar-refractivity contribution in [3.05, 3.63) is 46.7 Å². The van der Waals surface area contributed by atoms with Gasteiger partial charge in [-0.3, -0.25) is 9.78 Å². The van der Waals surface area contributed by atoms with Crippen LogP contribution in [0.5, 0.6) is 0 Å². The third-order valence-corrected chi connectivity index (χ3v) is 3.08. The van der Waals surface area contributed by atoms with Crippen molar-refractivity contribution in [1.82, 2.24) is 9.97 Å². The standard InChI is InChI=1S/C13H7BrN2O/c14-8-5-10-12(7-17)16-11-4-2-1-3-9(11)13(10)15-6-8/h1-7H. The van der Waals surface area contributed by atoms with Crippen LogP contribution in [0.2, 0.25) is 0 Å². The molecule has 0 bridgehead atoms. The van der Waals surface area contributed by atoms with E-state index < -0.39 is 0 Å². The number of hydrogen-bond acceptors (Lipinski definition) is 3. The lowest BCUT2D eigenvalue weighted by atomic mass is 10.1. The summed E-state index contributed by atoms with van der Waals surface area (Å²) in [6.07, 6.45) is 2.49. The third kappa shape index (κ3) is 1.61. The molecule has 0 unspecified atom stereocenters. The number of carbonyl (C=O) groups is 1. The Morgan fingerprint density at radius 3 is 2.82 bits per heavy atom. The average molecular weight is 287 g/mol. The van der Waals surface area contributed by atoms with Crippen LogP contribution in [0, 0.1) is 0 Å². The van der Waals surface area contributed by atoms with Crippen LogP contribution in [0.3, 0.4) is 0 Å². The van der Waals surface area contributed by atoms with Gasteiger partial charge < -0.3 is 0 Å². The summed E-state index contributed by atoms with van der Waals surface area (Å²) < 4.78 is 0.838. The number of para-hydroxylation sites is 1. The second-order valence-electron chi connectivity index (χ2n) is 3.68. The zero-order valence-corrected chi connectivity index (χ0v) is 10.3. The van der Waals surface area contributed by atoms with Crippen molar-refractivity contribution >= 4 is 44.0 Å². The maximum atomic E-state index is 11.1. The molecule has 17 heavy (non-hydrogen) atoms. The molecule has 0 N–H and O–H groups in total. The van der Waals surface area contributed by atoms with Gasteiger partial charge in [-0.05, 0) is 28.1 Å². The molecule has 2 heterocycles. The first-order valence-corrected chi connectivity index (χ1v) is 5.88. The molecular formula is C13H7BrN2O. The molecule has 0 aliphatic heterocycles. The lowest BCUT2D eigenvalue weighted by molar-refractivity contribution is 0.112. The van der Waals surface area contributed by atoms with E-state index in [0.29, 0.717) is 5.69 Å². The predicted octanol–water partition coefficient (Wildman–Crippen LogP) is 3.36. The zero-order valence-electron chi connectivity index (χ0n) is 8.72. The fourth-order valence-corrected chi connectivity index (χ4v) is 2.23. The van der Waals surface area contributed by atoms with E-state index in [2.05, 4.69) is 25.9 Å². The number of fused-ring (bicyclic) bond motifs is 3. The van der Waals surface area contributed by atoms with Crippen LogP contribution in [0.15, 0.2) is 41.0 Å². The Kier molecular flexibility index (Phi) is 2.37. The Morgan fingerprint density at radius 1 is 1.18 bits per heavy atom. The number of hydrogen-bond donors (Lipinski definition) is 0. The Bertz CT molecular complexity index is 740. The van der Waals surface area contributed by atoms with Gasteiger partial charge in [-0.1, -0.05) is 18.2 Å². The van der Waals surface area contributed by atoms with Crippen LogP contribution < -0.4 is 0 Å². The van der Waals surface area contributed by atoms with Crippen molar-refractivity contribution in [3.8, 4) is 0 Å². The molecule has 0 fully saturated rings. The van der Waals surface area contributed by atoms with Gasteiger partial charge in [-0.25, -0.2) is 4.98 Å². The van der Waals surface area contributed by atoms with E-state index in [1.165, 1.54) is 0 Å². The fourth-order valence-electron chi connectivity index (χ4n) is 1.90. The molecule has 0 aliphatic carbocycles. The smallest absolute Gasteiger partial charge is 0.169 e. The van der Waals surface area contributed by atoms with Crippen LogP contribution in [0.4, 0.5) is 0 Å². The number of aldehydes is 1. The van der Waals surface area contributed by atoms with E-state index in [9.17, 15) is 4.79 Å². The largest absolute Gasteiger partial charge is 0.296 e. The first kappa shape index (κ1) is 10.4. The molecule has 2 aromatic heterocycles. The van der Waals surface area contributed by atoms with E-state index in [0.717, 1.165) is 32.6 Å². The minimum absolute atomic E-state index is 0.424. The number of nitrogens with zero attached hydrogens (tertiary/aromatic N) is 2. The number of aromatic nitrogens is 2. The Morgan fingerprint density at radius 2 is 2.00 bits per heavy atom. The SMILES string of the molecule is O=Cc1nc2ccccc2c2ncc(Br)cc12. The van der Waals surface area contributed by atoms with Gasteiger partial charge >= 0.3 is 0 Å². The molecule has 0 saturated heterocycles. The van der Waals surface area contributed by atoms with Gasteiger partial charge in [0.25, 0.3) is 0 Å². The van der Waals surface area contributed by atoms with Crippen molar-refractivity contribution in [3.63, 3.8) is 0 Å². The molecule has 1 aromatic carbocycles. The summed E-state index contributed by atoms with van der Waals surface area (Å²) in [5.41, 5.74) is 2.02. The second kappa shape index (κ2) is 3.89. The van der Waals surface area contributed by atoms with Crippen molar-refractivity contribution < 1.29 is 4.79 Å². The summed E-state index contributed by atoms with van der Waals surface area (Å²) in [5, 5.41) is 1.73. The summed E-state index contributed by atoms with van der Waals surface area (Å²) in [5.74, 6) is 0. The fraction of sp³-hybridized carbons (Fsp3) is 0. The zero-order chi connectivity index (χ0) is 11.8. The van der Waals surface area contributed by atoms with Crippen molar-refractivity contribution in [2.75, 3.05) is 0 Å². The molecule has 0 radical (unpaired) electrons. The highest BCUT2D eigenvalue weighted by atomic mass is 79.9. The van der Waals surface area contributed by atoms with Crippen molar-refractivity contribution in [2.45, 2.75) is 0 Å². The first-order chi connectivity index (χ1) is 8.29. The van der Waals surface area contributed by atoms with Gasteiger partial charge in [0.15, 0.2) is 6.29 Å². The molecule has 4 heteroatoms. The maximum Gasteiger partial charge on any atom is 0.169 e. The van der Waals surface area contributed by atoms with Crippen molar-refractivity contribution in [1.29, 1.82) is 0 Å². The summed E-state index contributed by atoms with van der Waals surface area (Å²) in [6.45, 7) is 0.